The molecule has 19 heavy (non-hydrogen) atoms. The molecule has 1 heterocycles. The van der Waals surface area contributed by atoms with E-state index in [9.17, 15) is 9.59 Å². The van der Waals surface area contributed by atoms with E-state index in [0.717, 1.165) is 25.7 Å². The Morgan fingerprint density at radius 1 is 0.947 bits per heavy atom. The second kappa shape index (κ2) is 8.69. The summed E-state index contributed by atoms with van der Waals surface area (Å²) in [4.78, 5) is 24.8. The van der Waals surface area contributed by atoms with Gasteiger partial charge in [-0.15, -0.1) is 11.3 Å². The van der Waals surface area contributed by atoms with Crippen molar-refractivity contribution < 1.29 is 9.59 Å². The van der Waals surface area contributed by atoms with Crippen LogP contribution in [0.25, 0.3) is 0 Å². The van der Waals surface area contributed by atoms with E-state index in [0.29, 0.717) is 22.8 Å². The molecule has 0 bridgehead atoms. The van der Waals surface area contributed by atoms with Crippen LogP contribution in [0.2, 0.25) is 0 Å². The van der Waals surface area contributed by atoms with Gasteiger partial charge in [0.15, 0.2) is 0 Å². The smallest absolute Gasteiger partial charge is 0.261 e. The van der Waals surface area contributed by atoms with Crippen LogP contribution in [0.15, 0.2) is 12.1 Å². The van der Waals surface area contributed by atoms with Crippen molar-refractivity contribution in [2.75, 3.05) is 13.1 Å². The van der Waals surface area contributed by atoms with Crippen molar-refractivity contribution in [2.45, 2.75) is 39.5 Å². The number of unbranched alkanes of at least 4 members (excludes halogenated alkanes) is 2. The van der Waals surface area contributed by atoms with Gasteiger partial charge in [-0.3, -0.25) is 9.59 Å². The summed E-state index contributed by atoms with van der Waals surface area (Å²) in [5.74, 6) is -0.183. The molecule has 0 aliphatic carbocycles. The molecule has 0 unspecified atom stereocenters. The molecular formula is C14H22N2O2S. The second-order valence-electron chi connectivity index (χ2n) is 4.38. The highest BCUT2D eigenvalue weighted by Gasteiger charge is 2.12. The van der Waals surface area contributed by atoms with E-state index in [-0.39, 0.29) is 11.8 Å². The third kappa shape index (κ3) is 5.42. The molecule has 0 aliphatic rings. The van der Waals surface area contributed by atoms with Gasteiger partial charge >= 0.3 is 0 Å². The number of rotatable bonds is 8. The van der Waals surface area contributed by atoms with Crippen LogP contribution in [-0.4, -0.2) is 24.9 Å². The lowest BCUT2D eigenvalue weighted by Gasteiger charge is -2.02. The van der Waals surface area contributed by atoms with Crippen molar-refractivity contribution in [1.82, 2.24) is 10.6 Å². The van der Waals surface area contributed by atoms with E-state index in [1.54, 1.807) is 12.1 Å². The van der Waals surface area contributed by atoms with Gasteiger partial charge in [-0.1, -0.05) is 26.7 Å². The maximum atomic E-state index is 11.8. The van der Waals surface area contributed by atoms with E-state index >= 15 is 0 Å². The first-order valence-corrected chi connectivity index (χ1v) is 7.66. The van der Waals surface area contributed by atoms with Gasteiger partial charge in [0, 0.05) is 13.1 Å². The summed E-state index contributed by atoms with van der Waals surface area (Å²) in [6, 6.07) is 3.42. The van der Waals surface area contributed by atoms with E-state index < -0.39 is 0 Å². The van der Waals surface area contributed by atoms with Gasteiger partial charge in [0.05, 0.1) is 9.75 Å². The van der Waals surface area contributed by atoms with Crippen molar-refractivity contribution in [3.63, 3.8) is 0 Å². The van der Waals surface area contributed by atoms with Gasteiger partial charge < -0.3 is 10.6 Å². The second-order valence-corrected chi connectivity index (χ2v) is 5.47. The summed E-state index contributed by atoms with van der Waals surface area (Å²) in [5, 5.41) is 5.69. The highest BCUT2D eigenvalue weighted by molar-refractivity contribution is 7.15. The summed E-state index contributed by atoms with van der Waals surface area (Å²) in [5.41, 5.74) is 0. The molecule has 2 N–H and O–H groups in total. The van der Waals surface area contributed by atoms with Gasteiger partial charge in [-0.05, 0) is 25.0 Å². The summed E-state index contributed by atoms with van der Waals surface area (Å²) >= 11 is 1.24. The Hall–Kier alpha value is -1.36. The lowest BCUT2D eigenvalue weighted by atomic mass is 10.3. The number of hydrogen-bond acceptors (Lipinski definition) is 3. The van der Waals surface area contributed by atoms with Crippen LogP contribution < -0.4 is 10.6 Å². The average Bonchev–Trinajstić information content (AvgIpc) is 2.89. The molecule has 1 aromatic rings. The molecule has 0 radical (unpaired) electrons. The van der Waals surface area contributed by atoms with Crippen LogP contribution in [0.1, 0.15) is 58.9 Å². The zero-order chi connectivity index (χ0) is 14.1. The van der Waals surface area contributed by atoms with Crippen molar-refractivity contribution in [3.05, 3.63) is 21.9 Å². The zero-order valence-corrected chi connectivity index (χ0v) is 12.4. The Kier molecular flexibility index (Phi) is 7.18. The quantitative estimate of drug-likeness (QED) is 0.720. The first-order valence-electron chi connectivity index (χ1n) is 6.85. The van der Waals surface area contributed by atoms with Gasteiger partial charge in [0.1, 0.15) is 0 Å². The van der Waals surface area contributed by atoms with Crippen LogP contribution in [0.4, 0.5) is 0 Å². The van der Waals surface area contributed by atoms with Gasteiger partial charge in [0.25, 0.3) is 11.8 Å². The molecule has 1 rings (SSSR count). The molecule has 0 spiro atoms. The van der Waals surface area contributed by atoms with E-state index in [1.165, 1.54) is 11.3 Å². The number of nitrogens with one attached hydrogen (secondary N) is 2. The third-order valence-electron chi connectivity index (χ3n) is 2.69. The minimum Gasteiger partial charge on any atom is -0.351 e. The molecule has 2 amide bonds. The Morgan fingerprint density at radius 2 is 1.37 bits per heavy atom. The van der Waals surface area contributed by atoms with Crippen LogP contribution in [0.3, 0.4) is 0 Å². The fourth-order valence-electron chi connectivity index (χ4n) is 1.51. The minimum atomic E-state index is -0.0916. The van der Waals surface area contributed by atoms with Crippen LogP contribution >= 0.6 is 11.3 Å². The molecule has 0 fully saturated rings. The molecule has 0 aromatic carbocycles. The maximum Gasteiger partial charge on any atom is 0.261 e. The Bertz CT molecular complexity index is 379. The number of amides is 2. The van der Waals surface area contributed by atoms with E-state index in [4.69, 9.17) is 0 Å². The molecular weight excluding hydrogens is 260 g/mol. The van der Waals surface area contributed by atoms with Crippen molar-refractivity contribution >= 4 is 23.2 Å². The monoisotopic (exact) mass is 282 g/mol. The molecule has 4 nitrogen and oxygen atoms in total. The normalized spacial score (nSPS) is 10.2. The van der Waals surface area contributed by atoms with Crippen LogP contribution in [0, 0.1) is 0 Å². The number of carbonyl (C=O) groups is 2. The predicted molar refractivity (Wildman–Crippen MR) is 78.8 cm³/mol. The van der Waals surface area contributed by atoms with Gasteiger partial charge in [-0.25, -0.2) is 0 Å². The molecule has 1 aromatic heterocycles. The standard InChI is InChI=1S/C14H22N2O2S/c1-3-5-9-15-13(17)11-7-8-12(19-11)14(18)16-10-6-4-2/h7-8H,3-6,9-10H2,1-2H3,(H,15,17)(H,16,18). The fraction of sp³-hybridized carbons (Fsp3) is 0.571. The molecule has 0 aliphatic heterocycles. The minimum absolute atomic E-state index is 0.0916. The largest absolute Gasteiger partial charge is 0.351 e. The van der Waals surface area contributed by atoms with Crippen LogP contribution in [0.5, 0.6) is 0 Å². The Morgan fingerprint density at radius 3 is 1.74 bits per heavy atom. The zero-order valence-electron chi connectivity index (χ0n) is 11.6. The van der Waals surface area contributed by atoms with Crippen molar-refractivity contribution in [2.24, 2.45) is 0 Å². The SMILES string of the molecule is CCCCNC(=O)c1ccc(C(=O)NCCCC)s1. The van der Waals surface area contributed by atoms with Crippen molar-refractivity contribution in [3.8, 4) is 0 Å². The molecule has 0 atom stereocenters. The van der Waals surface area contributed by atoms with Gasteiger partial charge in [0.2, 0.25) is 0 Å². The number of hydrogen-bond donors (Lipinski definition) is 2. The molecule has 106 valence electrons. The summed E-state index contributed by atoms with van der Waals surface area (Å²) in [6.45, 7) is 5.53. The molecule has 0 saturated heterocycles. The van der Waals surface area contributed by atoms with Crippen LogP contribution in [-0.2, 0) is 0 Å². The Balaban J connectivity index is 2.46. The maximum absolute atomic E-state index is 11.8. The van der Waals surface area contributed by atoms with Crippen molar-refractivity contribution in [1.29, 1.82) is 0 Å². The molecule has 5 heteroatoms. The number of carbonyl (C=O) groups excluding carboxylic acids is 2. The third-order valence-corrected chi connectivity index (χ3v) is 3.77. The lowest BCUT2D eigenvalue weighted by Crippen LogP contribution is -2.24. The average molecular weight is 282 g/mol. The number of thiophene rings is 1. The first-order chi connectivity index (χ1) is 9.19. The summed E-state index contributed by atoms with van der Waals surface area (Å²) < 4.78 is 0. The highest BCUT2D eigenvalue weighted by Crippen LogP contribution is 2.16. The highest BCUT2D eigenvalue weighted by atomic mass is 32.1. The van der Waals surface area contributed by atoms with E-state index in [2.05, 4.69) is 24.5 Å². The predicted octanol–water partition coefficient (Wildman–Crippen LogP) is 2.81. The lowest BCUT2D eigenvalue weighted by molar-refractivity contribution is 0.0950. The molecule has 0 saturated carbocycles. The summed E-state index contributed by atoms with van der Waals surface area (Å²) in [7, 11) is 0. The Labute approximate surface area is 118 Å². The fourth-order valence-corrected chi connectivity index (χ4v) is 2.35. The van der Waals surface area contributed by atoms with Gasteiger partial charge in [-0.2, -0.15) is 0 Å². The summed E-state index contributed by atoms with van der Waals surface area (Å²) in [6.07, 6.45) is 4.05. The topological polar surface area (TPSA) is 58.2 Å². The van der Waals surface area contributed by atoms with E-state index in [1.807, 2.05) is 0 Å². The first kappa shape index (κ1) is 15.7.